The molecule has 0 aliphatic heterocycles. The van der Waals surface area contributed by atoms with E-state index in [1.54, 1.807) is 14.2 Å². The highest BCUT2D eigenvalue weighted by molar-refractivity contribution is 5.98. The zero-order valence-electron chi connectivity index (χ0n) is 16.9. The summed E-state index contributed by atoms with van der Waals surface area (Å²) < 4.78 is 10.6. The number of nitrogens with one attached hydrogen (secondary N) is 2. The summed E-state index contributed by atoms with van der Waals surface area (Å²) in [4.78, 5) is 12.7. The molecule has 29 heavy (non-hydrogen) atoms. The molecule has 3 aromatic carbocycles. The number of carbonyl (C=O) groups is 1. The maximum atomic E-state index is 12.7. The summed E-state index contributed by atoms with van der Waals surface area (Å²) in [5.74, 6) is 1.26. The number of anilines is 1. The van der Waals surface area contributed by atoms with E-state index in [1.807, 2.05) is 79.7 Å². The van der Waals surface area contributed by atoms with Crippen molar-refractivity contribution in [3.8, 4) is 22.6 Å². The maximum Gasteiger partial charge on any atom is 0.241 e. The SMILES string of the molecule is COc1ccc(CN[C@H](C)C(=O)Nc2ccccc2-c2ccccc2)cc1OC. The molecular weight excluding hydrogens is 364 g/mol. The van der Waals surface area contributed by atoms with E-state index >= 15 is 0 Å². The van der Waals surface area contributed by atoms with Gasteiger partial charge < -0.3 is 20.1 Å². The molecule has 0 radical (unpaired) electrons. The van der Waals surface area contributed by atoms with Crippen molar-refractivity contribution >= 4 is 11.6 Å². The van der Waals surface area contributed by atoms with Crippen LogP contribution in [0.3, 0.4) is 0 Å². The quantitative estimate of drug-likeness (QED) is 0.595. The average molecular weight is 390 g/mol. The average Bonchev–Trinajstić information content (AvgIpc) is 2.78. The highest BCUT2D eigenvalue weighted by atomic mass is 16.5. The lowest BCUT2D eigenvalue weighted by atomic mass is 10.0. The van der Waals surface area contributed by atoms with Crippen LogP contribution in [0.1, 0.15) is 12.5 Å². The molecule has 1 atom stereocenters. The topological polar surface area (TPSA) is 59.6 Å². The van der Waals surface area contributed by atoms with Gasteiger partial charge >= 0.3 is 0 Å². The molecule has 2 N–H and O–H groups in total. The fourth-order valence-corrected chi connectivity index (χ4v) is 3.06. The van der Waals surface area contributed by atoms with Gasteiger partial charge in [-0.1, -0.05) is 54.6 Å². The molecule has 0 heterocycles. The van der Waals surface area contributed by atoms with Crippen molar-refractivity contribution in [2.75, 3.05) is 19.5 Å². The first-order valence-electron chi connectivity index (χ1n) is 9.52. The van der Waals surface area contributed by atoms with Gasteiger partial charge in [-0.3, -0.25) is 4.79 Å². The van der Waals surface area contributed by atoms with E-state index in [4.69, 9.17) is 9.47 Å². The lowest BCUT2D eigenvalue weighted by Crippen LogP contribution is -2.37. The van der Waals surface area contributed by atoms with Crippen molar-refractivity contribution in [1.29, 1.82) is 0 Å². The second kappa shape index (κ2) is 9.75. The molecule has 1 amide bonds. The molecule has 0 saturated carbocycles. The van der Waals surface area contributed by atoms with Crippen LogP contribution in [-0.2, 0) is 11.3 Å². The Kier molecular flexibility index (Phi) is 6.87. The van der Waals surface area contributed by atoms with Gasteiger partial charge in [-0.15, -0.1) is 0 Å². The van der Waals surface area contributed by atoms with Crippen molar-refractivity contribution < 1.29 is 14.3 Å². The standard InChI is InChI=1S/C24H26N2O3/c1-17(25-16-18-13-14-22(28-2)23(15-18)29-3)24(27)26-21-12-8-7-11-20(21)19-9-5-4-6-10-19/h4-15,17,25H,16H2,1-3H3,(H,26,27)/t17-/m1/s1. The largest absolute Gasteiger partial charge is 0.493 e. The number of carbonyl (C=O) groups excluding carboxylic acids is 1. The van der Waals surface area contributed by atoms with Crippen LogP contribution in [0.2, 0.25) is 0 Å². The minimum absolute atomic E-state index is 0.0890. The molecule has 5 heteroatoms. The number of hydrogen-bond acceptors (Lipinski definition) is 4. The number of para-hydroxylation sites is 1. The van der Waals surface area contributed by atoms with Gasteiger partial charge in [0.2, 0.25) is 5.91 Å². The normalized spacial score (nSPS) is 11.6. The summed E-state index contributed by atoms with van der Waals surface area (Å²) in [7, 11) is 3.21. The van der Waals surface area contributed by atoms with E-state index < -0.39 is 0 Å². The van der Waals surface area contributed by atoms with E-state index in [0.29, 0.717) is 18.0 Å². The maximum absolute atomic E-state index is 12.7. The van der Waals surface area contributed by atoms with Crippen LogP contribution in [0.25, 0.3) is 11.1 Å². The van der Waals surface area contributed by atoms with Gasteiger partial charge in [-0.05, 0) is 36.2 Å². The molecule has 0 unspecified atom stereocenters. The Hall–Kier alpha value is -3.31. The van der Waals surface area contributed by atoms with Crippen LogP contribution in [0.4, 0.5) is 5.69 Å². The zero-order valence-corrected chi connectivity index (χ0v) is 16.9. The van der Waals surface area contributed by atoms with Crippen LogP contribution in [0.5, 0.6) is 11.5 Å². The number of ether oxygens (including phenoxy) is 2. The summed E-state index contributed by atoms with van der Waals surface area (Å²) in [6.45, 7) is 2.39. The van der Waals surface area contributed by atoms with Crippen molar-refractivity contribution in [2.24, 2.45) is 0 Å². The van der Waals surface area contributed by atoms with Crippen molar-refractivity contribution in [3.05, 3.63) is 78.4 Å². The first kappa shape index (κ1) is 20.4. The third-order valence-corrected chi connectivity index (χ3v) is 4.72. The van der Waals surface area contributed by atoms with Gasteiger partial charge in [0.05, 0.1) is 20.3 Å². The molecule has 0 spiro atoms. The molecule has 0 aliphatic rings. The van der Waals surface area contributed by atoms with E-state index in [-0.39, 0.29) is 11.9 Å². The Morgan fingerprint density at radius 3 is 2.31 bits per heavy atom. The zero-order chi connectivity index (χ0) is 20.6. The van der Waals surface area contributed by atoms with Gasteiger partial charge in [0.1, 0.15) is 0 Å². The predicted molar refractivity (Wildman–Crippen MR) is 116 cm³/mol. The first-order chi connectivity index (χ1) is 14.1. The fraction of sp³-hybridized carbons (Fsp3) is 0.208. The third-order valence-electron chi connectivity index (χ3n) is 4.72. The lowest BCUT2D eigenvalue weighted by molar-refractivity contribution is -0.117. The summed E-state index contributed by atoms with van der Waals surface area (Å²) in [5.41, 5.74) is 3.86. The number of benzene rings is 3. The summed E-state index contributed by atoms with van der Waals surface area (Å²) in [6.07, 6.45) is 0. The van der Waals surface area contributed by atoms with E-state index in [9.17, 15) is 4.79 Å². The number of amides is 1. The monoisotopic (exact) mass is 390 g/mol. The Morgan fingerprint density at radius 1 is 0.897 bits per heavy atom. The molecule has 3 rings (SSSR count). The summed E-state index contributed by atoms with van der Waals surface area (Å²) in [5, 5.41) is 6.30. The minimum Gasteiger partial charge on any atom is -0.493 e. The molecule has 3 aromatic rings. The highest BCUT2D eigenvalue weighted by Crippen LogP contribution is 2.28. The van der Waals surface area contributed by atoms with Crippen molar-refractivity contribution in [3.63, 3.8) is 0 Å². The Bertz CT molecular complexity index is 957. The van der Waals surface area contributed by atoms with E-state index in [0.717, 1.165) is 22.4 Å². The molecule has 0 bridgehead atoms. The number of rotatable bonds is 8. The molecule has 0 aliphatic carbocycles. The van der Waals surface area contributed by atoms with Crippen molar-refractivity contribution in [2.45, 2.75) is 19.5 Å². The Labute approximate surface area is 171 Å². The molecule has 0 aromatic heterocycles. The molecule has 5 nitrogen and oxygen atoms in total. The number of methoxy groups -OCH3 is 2. The highest BCUT2D eigenvalue weighted by Gasteiger charge is 2.15. The van der Waals surface area contributed by atoms with Crippen LogP contribution >= 0.6 is 0 Å². The van der Waals surface area contributed by atoms with E-state index in [2.05, 4.69) is 10.6 Å². The molecule has 0 saturated heterocycles. The predicted octanol–water partition coefficient (Wildman–Crippen LogP) is 4.49. The van der Waals surface area contributed by atoms with Crippen molar-refractivity contribution in [1.82, 2.24) is 5.32 Å². The minimum atomic E-state index is -0.369. The summed E-state index contributed by atoms with van der Waals surface area (Å²) >= 11 is 0. The van der Waals surface area contributed by atoms with Gasteiger partial charge in [-0.25, -0.2) is 0 Å². The van der Waals surface area contributed by atoms with Crippen LogP contribution in [-0.4, -0.2) is 26.2 Å². The smallest absolute Gasteiger partial charge is 0.241 e. The Balaban J connectivity index is 1.65. The summed E-state index contributed by atoms with van der Waals surface area (Å²) in [6, 6.07) is 23.2. The molecule has 150 valence electrons. The van der Waals surface area contributed by atoms with Crippen LogP contribution < -0.4 is 20.1 Å². The number of hydrogen-bond donors (Lipinski definition) is 2. The second-order valence-electron chi connectivity index (χ2n) is 6.69. The van der Waals surface area contributed by atoms with E-state index in [1.165, 1.54) is 0 Å². The second-order valence-corrected chi connectivity index (χ2v) is 6.69. The van der Waals surface area contributed by atoms with Gasteiger partial charge in [0.25, 0.3) is 0 Å². The molecule has 0 fully saturated rings. The van der Waals surface area contributed by atoms with Gasteiger partial charge in [0.15, 0.2) is 11.5 Å². The van der Waals surface area contributed by atoms with Gasteiger partial charge in [0, 0.05) is 17.8 Å². The Morgan fingerprint density at radius 2 is 1.59 bits per heavy atom. The van der Waals surface area contributed by atoms with Gasteiger partial charge in [-0.2, -0.15) is 0 Å². The lowest BCUT2D eigenvalue weighted by Gasteiger charge is -2.17. The van der Waals surface area contributed by atoms with Crippen LogP contribution in [0, 0.1) is 0 Å². The van der Waals surface area contributed by atoms with Crippen LogP contribution in [0.15, 0.2) is 72.8 Å². The fourth-order valence-electron chi connectivity index (χ4n) is 3.06. The molecular formula is C24H26N2O3. The first-order valence-corrected chi connectivity index (χ1v) is 9.52. The third kappa shape index (κ3) is 5.15.